The summed E-state index contributed by atoms with van der Waals surface area (Å²) < 4.78 is 5.00. The molecule has 110 valence electrons. The van der Waals surface area contributed by atoms with E-state index >= 15 is 0 Å². The van der Waals surface area contributed by atoms with Gasteiger partial charge in [0.1, 0.15) is 5.75 Å². The van der Waals surface area contributed by atoms with Crippen molar-refractivity contribution in [2.45, 2.75) is 13.3 Å². The van der Waals surface area contributed by atoms with Crippen molar-refractivity contribution in [2.75, 3.05) is 11.9 Å². The van der Waals surface area contributed by atoms with E-state index in [-0.39, 0.29) is 12.3 Å². The number of ether oxygens (including phenoxy) is 1. The number of aromatic nitrogens is 1. The molecule has 0 aliphatic carbocycles. The van der Waals surface area contributed by atoms with Crippen molar-refractivity contribution in [3.05, 3.63) is 40.3 Å². The molecule has 1 heterocycles. The van der Waals surface area contributed by atoms with Crippen molar-refractivity contribution < 1.29 is 19.4 Å². The minimum Gasteiger partial charge on any atom is -0.482 e. The Hall–Kier alpha value is -2.41. The minimum absolute atomic E-state index is 0.153. The van der Waals surface area contributed by atoms with Crippen LogP contribution in [0.4, 0.5) is 5.69 Å². The number of carbonyl (C=O) groups is 2. The summed E-state index contributed by atoms with van der Waals surface area (Å²) in [5, 5.41) is 14.0. The number of thiazole rings is 1. The van der Waals surface area contributed by atoms with E-state index in [1.165, 1.54) is 11.3 Å². The molecule has 1 aromatic heterocycles. The Balaban J connectivity index is 1.87. The van der Waals surface area contributed by atoms with Crippen molar-refractivity contribution in [3.8, 4) is 5.75 Å². The maximum absolute atomic E-state index is 11.8. The Bertz CT molecular complexity index is 637. The maximum Gasteiger partial charge on any atom is 0.341 e. The number of amides is 1. The Morgan fingerprint density at radius 3 is 2.62 bits per heavy atom. The SMILES string of the molecule is Cc1nc(CC(=O)Nc2ccc(OCC(=O)O)cc2)cs1. The standard InChI is InChI=1S/C14H14N2O4S/c1-9-15-11(8-21-9)6-13(17)16-10-2-4-12(5-3-10)20-7-14(18)19/h2-5,8H,6-7H2,1H3,(H,16,17)(H,18,19). The van der Waals surface area contributed by atoms with E-state index in [1.807, 2.05) is 12.3 Å². The van der Waals surface area contributed by atoms with Crippen LogP contribution in [0.2, 0.25) is 0 Å². The summed E-state index contributed by atoms with van der Waals surface area (Å²) >= 11 is 1.51. The summed E-state index contributed by atoms with van der Waals surface area (Å²) in [5.74, 6) is -0.754. The fourth-order valence-corrected chi connectivity index (χ4v) is 2.25. The van der Waals surface area contributed by atoms with Crippen LogP contribution < -0.4 is 10.1 Å². The van der Waals surface area contributed by atoms with Gasteiger partial charge >= 0.3 is 5.97 Å². The van der Waals surface area contributed by atoms with Crippen molar-refractivity contribution in [1.82, 2.24) is 4.98 Å². The van der Waals surface area contributed by atoms with Crippen molar-refractivity contribution >= 4 is 28.9 Å². The van der Waals surface area contributed by atoms with Crippen molar-refractivity contribution in [1.29, 1.82) is 0 Å². The molecule has 2 N–H and O–H groups in total. The van der Waals surface area contributed by atoms with Gasteiger partial charge in [0.05, 0.1) is 17.1 Å². The third-order valence-electron chi connectivity index (χ3n) is 2.51. The van der Waals surface area contributed by atoms with Crippen LogP contribution in [0.25, 0.3) is 0 Å². The first-order valence-corrected chi connectivity index (χ1v) is 7.06. The number of nitrogens with one attached hydrogen (secondary N) is 1. The van der Waals surface area contributed by atoms with E-state index in [0.29, 0.717) is 11.4 Å². The van der Waals surface area contributed by atoms with Gasteiger partial charge in [-0.3, -0.25) is 4.79 Å². The van der Waals surface area contributed by atoms with E-state index in [4.69, 9.17) is 9.84 Å². The fourth-order valence-electron chi connectivity index (χ4n) is 1.64. The largest absolute Gasteiger partial charge is 0.482 e. The molecular formula is C14H14N2O4S. The highest BCUT2D eigenvalue weighted by atomic mass is 32.1. The monoisotopic (exact) mass is 306 g/mol. The predicted octanol–water partition coefficient (Wildman–Crippen LogP) is 2.10. The van der Waals surface area contributed by atoms with Crippen molar-refractivity contribution in [3.63, 3.8) is 0 Å². The summed E-state index contributed by atoms with van der Waals surface area (Å²) in [4.78, 5) is 26.4. The quantitative estimate of drug-likeness (QED) is 0.853. The van der Waals surface area contributed by atoms with Gasteiger partial charge in [0, 0.05) is 11.1 Å². The number of nitrogens with zero attached hydrogens (tertiary/aromatic N) is 1. The van der Waals surface area contributed by atoms with Gasteiger partial charge in [-0.1, -0.05) is 0 Å². The zero-order valence-corrected chi connectivity index (χ0v) is 12.1. The number of aliphatic carboxylic acids is 1. The van der Waals surface area contributed by atoms with E-state index in [2.05, 4.69) is 10.3 Å². The number of carboxylic acids is 1. The molecule has 0 aliphatic rings. The Kier molecular flexibility index (Phi) is 4.89. The number of benzene rings is 1. The lowest BCUT2D eigenvalue weighted by molar-refractivity contribution is -0.139. The van der Waals surface area contributed by atoms with Gasteiger partial charge in [0.2, 0.25) is 5.91 Å². The molecule has 0 bridgehead atoms. The van der Waals surface area contributed by atoms with Gasteiger partial charge < -0.3 is 15.2 Å². The second-order valence-electron chi connectivity index (χ2n) is 4.29. The minimum atomic E-state index is -1.04. The van der Waals surface area contributed by atoms with E-state index in [1.54, 1.807) is 24.3 Å². The predicted molar refractivity (Wildman–Crippen MR) is 78.8 cm³/mol. The zero-order valence-electron chi connectivity index (χ0n) is 11.3. The number of aryl methyl sites for hydroxylation is 1. The normalized spacial score (nSPS) is 10.1. The molecular weight excluding hydrogens is 292 g/mol. The first-order valence-electron chi connectivity index (χ1n) is 6.18. The molecule has 1 aromatic carbocycles. The number of hydrogen-bond donors (Lipinski definition) is 2. The summed E-state index contributed by atoms with van der Waals surface area (Å²) in [6, 6.07) is 6.51. The van der Waals surface area contributed by atoms with Gasteiger partial charge in [-0.25, -0.2) is 9.78 Å². The first-order chi connectivity index (χ1) is 10.0. The average molecular weight is 306 g/mol. The van der Waals surface area contributed by atoms with Crippen LogP contribution in [0.15, 0.2) is 29.6 Å². The Morgan fingerprint density at radius 1 is 1.33 bits per heavy atom. The van der Waals surface area contributed by atoms with Gasteiger partial charge in [0.15, 0.2) is 6.61 Å². The zero-order chi connectivity index (χ0) is 15.2. The highest BCUT2D eigenvalue weighted by Gasteiger charge is 2.07. The molecule has 0 aliphatic heterocycles. The Morgan fingerprint density at radius 2 is 2.05 bits per heavy atom. The van der Waals surface area contributed by atoms with Crippen LogP contribution in [0.5, 0.6) is 5.75 Å². The van der Waals surface area contributed by atoms with Crippen LogP contribution >= 0.6 is 11.3 Å². The number of anilines is 1. The highest BCUT2D eigenvalue weighted by molar-refractivity contribution is 7.09. The van der Waals surface area contributed by atoms with Crippen LogP contribution in [0, 0.1) is 6.92 Å². The first kappa shape index (κ1) is 15.0. The molecule has 0 spiro atoms. The lowest BCUT2D eigenvalue weighted by Gasteiger charge is -2.06. The van der Waals surface area contributed by atoms with Gasteiger partial charge in [-0.2, -0.15) is 0 Å². The molecule has 21 heavy (non-hydrogen) atoms. The van der Waals surface area contributed by atoms with E-state index in [0.717, 1.165) is 10.7 Å². The summed E-state index contributed by atoms with van der Waals surface area (Å²) in [7, 11) is 0. The molecule has 0 fully saturated rings. The van der Waals surface area contributed by atoms with Crippen LogP contribution in [-0.2, 0) is 16.0 Å². The molecule has 0 saturated carbocycles. The van der Waals surface area contributed by atoms with Crippen LogP contribution in [0.1, 0.15) is 10.7 Å². The van der Waals surface area contributed by atoms with E-state index in [9.17, 15) is 9.59 Å². The molecule has 7 heteroatoms. The van der Waals surface area contributed by atoms with Crippen LogP contribution in [-0.4, -0.2) is 28.6 Å². The molecule has 0 radical (unpaired) electrons. The number of carbonyl (C=O) groups excluding carboxylic acids is 1. The van der Waals surface area contributed by atoms with Gasteiger partial charge in [-0.05, 0) is 31.2 Å². The van der Waals surface area contributed by atoms with Crippen molar-refractivity contribution in [2.24, 2.45) is 0 Å². The highest BCUT2D eigenvalue weighted by Crippen LogP contribution is 2.16. The van der Waals surface area contributed by atoms with Gasteiger partial charge in [0.25, 0.3) is 0 Å². The second kappa shape index (κ2) is 6.85. The molecule has 6 nitrogen and oxygen atoms in total. The third-order valence-corrected chi connectivity index (χ3v) is 3.33. The van der Waals surface area contributed by atoms with Crippen LogP contribution in [0.3, 0.4) is 0 Å². The van der Waals surface area contributed by atoms with Gasteiger partial charge in [-0.15, -0.1) is 11.3 Å². The number of rotatable bonds is 6. The molecule has 0 unspecified atom stereocenters. The number of carboxylic acid groups (broad SMARTS) is 1. The average Bonchev–Trinajstić information content (AvgIpc) is 2.83. The Labute approximate surface area is 125 Å². The molecule has 0 saturated heterocycles. The maximum atomic E-state index is 11.8. The lowest BCUT2D eigenvalue weighted by Crippen LogP contribution is -2.14. The fraction of sp³-hybridized carbons (Fsp3) is 0.214. The second-order valence-corrected chi connectivity index (χ2v) is 5.35. The molecule has 1 amide bonds. The summed E-state index contributed by atoms with van der Waals surface area (Å²) in [6.45, 7) is 1.50. The summed E-state index contributed by atoms with van der Waals surface area (Å²) in [6.07, 6.45) is 0.224. The molecule has 2 aromatic rings. The third kappa shape index (κ3) is 4.88. The number of hydrogen-bond acceptors (Lipinski definition) is 5. The smallest absolute Gasteiger partial charge is 0.341 e. The van der Waals surface area contributed by atoms with E-state index < -0.39 is 12.6 Å². The lowest BCUT2D eigenvalue weighted by atomic mass is 10.2. The molecule has 2 rings (SSSR count). The molecule has 0 atom stereocenters. The topological polar surface area (TPSA) is 88.5 Å². The summed E-state index contributed by atoms with van der Waals surface area (Å²) in [5.41, 5.74) is 1.37.